The highest BCUT2D eigenvalue weighted by molar-refractivity contribution is 7.92. The standard InChI is InChI=1S/C36H37Cl2N3O4S/c37-32-22-21-30(24-33(32)38)41(46(44,45)31-19-11-4-12-20-31)26-35(42)40(25-28-15-7-2-8-16-28)34(23-27-13-5-1-6-14-27)36(43)39-29-17-9-3-10-18-29/h1-2,4-8,11-16,19-22,24,29,34H,3,9-10,17-18,23,25-26H2,(H,39,43)/t34-/m1/s1. The predicted molar refractivity (Wildman–Crippen MR) is 183 cm³/mol. The van der Waals surface area contributed by atoms with Crippen LogP contribution in [0.5, 0.6) is 0 Å². The predicted octanol–water partition coefficient (Wildman–Crippen LogP) is 7.28. The Hall–Kier alpha value is -3.85. The molecule has 10 heteroatoms. The van der Waals surface area contributed by atoms with Gasteiger partial charge in [-0.05, 0) is 54.3 Å². The van der Waals surface area contributed by atoms with Crippen LogP contribution in [-0.4, -0.2) is 43.8 Å². The van der Waals surface area contributed by atoms with Crippen molar-refractivity contribution in [3.8, 4) is 0 Å². The maximum atomic E-state index is 14.6. The van der Waals surface area contributed by atoms with Gasteiger partial charge in [0.2, 0.25) is 11.8 Å². The van der Waals surface area contributed by atoms with Gasteiger partial charge >= 0.3 is 0 Å². The summed E-state index contributed by atoms with van der Waals surface area (Å²) in [5.74, 6) is -0.791. The second-order valence-electron chi connectivity index (χ2n) is 11.5. The smallest absolute Gasteiger partial charge is 0.264 e. The molecule has 4 aromatic carbocycles. The number of carbonyl (C=O) groups excluding carboxylic acids is 2. The van der Waals surface area contributed by atoms with E-state index in [0.29, 0.717) is 0 Å². The van der Waals surface area contributed by atoms with Crippen LogP contribution in [-0.2, 0) is 32.6 Å². The lowest BCUT2D eigenvalue weighted by molar-refractivity contribution is -0.140. The molecular weight excluding hydrogens is 641 g/mol. The Morgan fingerprint density at radius 3 is 1.96 bits per heavy atom. The van der Waals surface area contributed by atoms with Crippen molar-refractivity contribution in [2.45, 2.75) is 62.0 Å². The maximum absolute atomic E-state index is 14.6. The van der Waals surface area contributed by atoms with E-state index in [1.165, 1.54) is 35.2 Å². The molecule has 46 heavy (non-hydrogen) atoms. The van der Waals surface area contributed by atoms with Crippen molar-refractivity contribution in [2.75, 3.05) is 10.8 Å². The Balaban J connectivity index is 1.56. The summed E-state index contributed by atoms with van der Waals surface area (Å²) in [7, 11) is -4.23. The molecule has 0 saturated heterocycles. The van der Waals surface area contributed by atoms with E-state index in [-0.39, 0.29) is 45.5 Å². The molecule has 0 aromatic heterocycles. The van der Waals surface area contributed by atoms with Gasteiger partial charge in [0, 0.05) is 19.0 Å². The van der Waals surface area contributed by atoms with E-state index in [9.17, 15) is 18.0 Å². The Morgan fingerprint density at radius 2 is 1.35 bits per heavy atom. The third kappa shape index (κ3) is 8.49. The Morgan fingerprint density at radius 1 is 0.761 bits per heavy atom. The summed E-state index contributed by atoms with van der Waals surface area (Å²) in [4.78, 5) is 30.2. The van der Waals surface area contributed by atoms with E-state index in [1.807, 2.05) is 60.7 Å². The highest BCUT2D eigenvalue weighted by Gasteiger charge is 2.35. The van der Waals surface area contributed by atoms with E-state index in [0.717, 1.165) is 47.5 Å². The van der Waals surface area contributed by atoms with E-state index in [1.54, 1.807) is 18.2 Å². The van der Waals surface area contributed by atoms with Gasteiger partial charge in [0.25, 0.3) is 10.0 Å². The fraction of sp³-hybridized carbons (Fsp3) is 0.278. The largest absolute Gasteiger partial charge is 0.352 e. The quantitative estimate of drug-likeness (QED) is 0.171. The van der Waals surface area contributed by atoms with Crippen LogP contribution in [0.25, 0.3) is 0 Å². The summed E-state index contributed by atoms with van der Waals surface area (Å²) >= 11 is 12.5. The number of amides is 2. The number of sulfonamides is 1. The SMILES string of the molecule is O=C(NC1CCCCC1)[C@@H](Cc1ccccc1)N(Cc1ccccc1)C(=O)CN(c1ccc(Cl)c(Cl)c1)S(=O)(=O)c1ccccc1. The molecule has 1 saturated carbocycles. The van der Waals surface area contributed by atoms with Gasteiger partial charge in [-0.2, -0.15) is 0 Å². The molecule has 0 spiro atoms. The van der Waals surface area contributed by atoms with Gasteiger partial charge in [-0.3, -0.25) is 13.9 Å². The van der Waals surface area contributed by atoms with Crippen LogP contribution >= 0.6 is 23.2 Å². The molecule has 0 bridgehead atoms. The first kappa shape index (κ1) is 33.5. The number of hydrogen-bond donors (Lipinski definition) is 1. The van der Waals surface area contributed by atoms with Crippen molar-refractivity contribution in [1.29, 1.82) is 0 Å². The number of hydrogen-bond acceptors (Lipinski definition) is 4. The van der Waals surface area contributed by atoms with Crippen molar-refractivity contribution < 1.29 is 18.0 Å². The first-order chi connectivity index (χ1) is 22.2. The van der Waals surface area contributed by atoms with Crippen molar-refractivity contribution in [2.24, 2.45) is 0 Å². The lowest BCUT2D eigenvalue weighted by Crippen LogP contribution is -2.55. The van der Waals surface area contributed by atoms with Crippen molar-refractivity contribution >= 4 is 50.7 Å². The number of carbonyl (C=O) groups is 2. The molecule has 1 aliphatic rings. The van der Waals surface area contributed by atoms with Gasteiger partial charge in [-0.1, -0.05) is 121 Å². The highest BCUT2D eigenvalue weighted by atomic mass is 35.5. The summed E-state index contributed by atoms with van der Waals surface area (Å²) < 4.78 is 29.2. The number of halogens is 2. The van der Waals surface area contributed by atoms with Gasteiger partial charge in [0.05, 0.1) is 20.6 Å². The minimum Gasteiger partial charge on any atom is -0.352 e. The zero-order chi connectivity index (χ0) is 32.5. The van der Waals surface area contributed by atoms with Gasteiger partial charge in [-0.25, -0.2) is 8.42 Å². The molecule has 0 aliphatic heterocycles. The van der Waals surface area contributed by atoms with E-state index in [4.69, 9.17) is 23.2 Å². The molecule has 1 fully saturated rings. The zero-order valence-corrected chi connectivity index (χ0v) is 27.7. The van der Waals surface area contributed by atoms with E-state index in [2.05, 4.69) is 5.32 Å². The third-order valence-corrected chi connectivity index (χ3v) is 10.7. The van der Waals surface area contributed by atoms with Gasteiger partial charge in [0.1, 0.15) is 12.6 Å². The molecule has 0 heterocycles. The van der Waals surface area contributed by atoms with Crippen LogP contribution in [0.2, 0.25) is 10.0 Å². The summed E-state index contributed by atoms with van der Waals surface area (Å²) in [5.41, 5.74) is 1.87. The Labute approximate surface area is 281 Å². The number of nitrogens with one attached hydrogen (secondary N) is 1. The number of anilines is 1. The van der Waals surface area contributed by atoms with Crippen LogP contribution in [0.15, 0.2) is 114 Å². The number of nitrogens with zero attached hydrogens (tertiary/aromatic N) is 2. The Bertz CT molecular complexity index is 1720. The molecule has 2 amide bonds. The molecule has 1 N–H and O–H groups in total. The van der Waals surface area contributed by atoms with Crippen LogP contribution in [0, 0.1) is 0 Å². The van der Waals surface area contributed by atoms with Crippen molar-refractivity contribution in [1.82, 2.24) is 10.2 Å². The minimum atomic E-state index is -4.23. The molecule has 240 valence electrons. The third-order valence-electron chi connectivity index (χ3n) is 8.22. The lowest BCUT2D eigenvalue weighted by Gasteiger charge is -2.35. The van der Waals surface area contributed by atoms with Crippen LogP contribution in [0.3, 0.4) is 0 Å². The van der Waals surface area contributed by atoms with Gasteiger partial charge in [-0.15, -0.1) is 0 Å². The van der Waals surface area contributed by atoms with Gasteiger partial charge in [0.15, 0.2) is 0 Å². The molecule has 1 aliphatic carbocycles. The minimum absolute atomic E-state index is 0.0133. The average Bonchev–Trinajstić information content (AvgIpc) is 3.08. The van der Waals surface area contributed by atoms with E-state index >= 15 is 0 Å². The molecule has 5 rings (SSSR count). The van der Waals surface area contributed by atoms with Crippen LogP contribution < -0.4 is 9.62 Å². The maximum Gasteiger partial charge on any atom is 0.264 e. The molecule has 4 aromatic rings. The van der Waals surface area contributed by atoms with Crippen LogP contribution in [0.1, 0.15) is 43.2 Å². The first-order valence-corrected chi connectivity index (χ1v) is 17.6. The second-order valence-corrected chi connectivity index (χ2v) is 14.2. The van der Waals surface area contributed by atoms with Crippen molar-refractivity contribution in [3.63, 3.8) is 0 Å². The number of benzene rings is 4. The summed E-state index contributed by atoms with van der Waals surface area (Å²) in [6.45, 7) is -0.458. The lowest BCUT2D eigenvalue weighted by atomic mass is 9.94. The van der Waals surface area contributed by atoms with Crippen molar-refractivity contribution in [3.05, 3.63) is 130 Å². The zero-order valence-electron chi connectivity index (χ0n) is 25.4. The molecule has 1 atom stereocenters. The molecular formula is C36H37Cl2N3O4S. The summed E-state index contributed by atoms with van der Waals surface area (Å²) in [5, 5.41) is 3.62. The summed E-state index contributed by atoms with van der Waals surface area (Å²) in [6.07, 6.45) is 5.25. The van der Waals surface area contributed by atoms with E-state index < -0.39 is 28.5 Å². The normalized spacial score (nSPS) is 14.3. The molecule has 0 radical (unpaired) electrons. The molecule has 7 nitrogen and oxygen atoms in total. The number of rotatable bonds is 12. The fourth-order valence-corrected chi connectivity index (χ4v) is 7.49. The topological polar surface area (TPSA) is 86.8 Å². The van der Waals surface area contributed by atoms with Gasteiger partial charge < -0.3 is 10.2 Å². The van der Waals surface area contributed by atoms with Crippen LogP contribution in [0.4, 0.5) is 5.69 Å². The fourth-order valence-electron chi connectivity index (χ4n) is 5.77. The first-order valence-electron chi connectivity index (χ1n) is 15.4. The monoisotopic (exact) mass is 677 g/mol. The average molecular weight is 679 g/mol. The molecule has 0 unspecified atom stereocenters. The summed E-state index contributed by atoms with van der Waals surface area (Å²) in [6, 6.07) is 30.4. The Kier molecular flexibility index (Phi) is 11.4. The second kappa shape index (κ2) is 15.6. The highest BCUT2D eigenvalue weighted by Crippen LogP contribution is 2.31.